The van der Waals surface area contributed by atoms with E-state index in [0.29, 0.717) is 36.8 Å². The number of esters is 1. The predicted molar refractivity (Wildman–Crippen MR) is 192 cm³/mol. The number of para-hydroxylation sites is 1. The Hall–Kier alpha value is -4.88. The van der Waals surface area contributed by atoms with Gasteiger partial charge in [0.05, 0.1) is 42.6 Å². The number of allylic oxidation sites excluding steroid dienone is 1. The third kappa shape index (κ3) is 6.99. The zero-order valence-corrected chi connectivity index (χ0v) is 29.8. The van der Waals surface area contributed by atoms with Crippen LogP contribution in [0.5, 0.6) is 0 Å². The molecule has 0 aliphatic carbocycles. The summed E-state index contributed by atoms with van der Waals surface area (Å²) >= 11 is 0. The SMILES string of the molecule is C=CCCC(=O)NC[C@@H](OC(=O)[C@@H]1[C@H]2C(=O)N([C@@H](CO)CC(C)C)[C@H](C(=O)N(CC=C)Cn3nnc4ccccc43)[C@]23CC[C@H]1O3)c1ccccc1. The summed E-state index contributed by atoms with van der Waals surface area (Å²) in [6, 6.07) is 14.7. The molecule has 0 unspecified atom stereocenters. The first-order valence-electron chi connectivity index (χ1n) is 18.0. The number of amides is 3. The van der Waals surface area contributed by atoms with Gasteiger partial charge in [-0.05, 0) is 49.3 Å². The number of aliphatic hydroxyl groups is 1. The van der Waals surface area contributed by atoms with Crippen LogP contribution >= 0.6 is 0 Å². The summed E-state index contributed by atoms with van der Waals surface area (Å²) in [5.74, 6) is -3.55. The molecule has 4 heterocycles. The molecule has 3 aliphatic heterocycles. The molecular weight excluding hydrogens is 664 g/mol. The van der Waals surface area contributed by atoms with E-state index in [1.165, 1.54) is 4.90 Å². The maximum Gasteiger partial charge on any atom is 0.313 e. The van der Waals surface area contributed by atoms with Gasteiger partial charge in [0.25, 0.3) is 0 Å². The third-order valence-corrected chi connectivity index (χ3v) is 10.5. The monoisotopic (exact) mass is 712 g/mol. The lowest BCUT2D eigenvalue weighted by atomic mass is 9.70. The smallest absolute Gasteiger partial charge is 0.313 e. The molecule has 6 rings (SSSR count). The molecule has 0 saturated carbocycles. The number of benzene rings is 2. The van der Waals surface area contributed by atoms with Gasteiger partial charge in [0.1, 0.15) is 29.9 Å². The summed E-state index contributed by atoms with van der Waals surface area (Å²) in [4.78, 5) is 59.6. The van der Waals surface area contributed by atoms with Gasteiger partial charge < -0.3 is 29.7 Å². The van der Waals surface area contributed by atoms with Crippen LogP contribution in [0.3, 0.4) is 0 Å². The van der Waals surface area contributed by atoms with Crippen LogP contribution in [0, 0.1) is 17.8 Å². The van der Waals surface area contributed by atoms with E-state index in [4.69, 9.17) is 9.47 Å². The van der Waals surface area contributed by atoms with Crippen molar-refractivity contribution in [1.29, 1.82) is 0 Å². The maximum atomic E-state index is 14.9. The number of fused-ring (bicyclic) bond motifs is 2. The van der Waals surface area contributed by atoms with Gasteiger partial charge in [-0.25, -0.2) is 4.68 Å². The van der Waals surface area contributed by atoms with Crippen molar-refractivity contribution in [1.82, 2.24) is 30.1 Å². The van der Waals surface area contributed by atoms with Crippen LogP contribution in [0.15, 0.2) is 79.9 Å². The number of nitrogens with zero attached hydrogens (tertiary/aromatic N) is 5. The molecule has 0 radical (unpaired) electrons. The van der Waals surface area contributed by atoms with E-state index >= 15 is 0 Å². The van der Waals surface area contributed by atoms with Gasteiger partial charge in [0, 0.05) is 13.0 Å². The van der Waals surface area contributed by atoms with Gasteiger partial charge in [-0.15, -0.1) is 18.3 Å². The highest BCUT2D eigenvalue weighted by Crippen LogP contribution is 2.59. The van der Waals surface area contributed by atoms with Crippen LogP contribution in [0.2, 0.25) is 0 Å². The Balaban J connectivity index is 1.33. The molecule has 276 valence electrons. The number of aliphatic hydroxyl groups excluding tert-OH is 1. The van der Waals surface area contributed by atoms with E-state index in [-0.39, 0.29) is 44.6 Å². The standard InChI is InChI=1S/C39H48N6O7/c1-5-7-17-32(47)40-22-31(26-13-9-8-10-14-26)51-38(50)33-30-18-19-39(52-30)34(33)36(48)45(27(23-46)21-25(3)4)35(39)37(49)43(20-6-2)24-44-29-16-12-11-15-28(29)41-42-44/h5-6,8-16,25,27,30-31,33-35,46H,1-2,7,17-24H2,3-4H3,(H,40,47)/t27-,30-,31-,33+,34+,35-,39+/m1/s1. The number of rotatable bonds is 17. The van der Waals surface area contributed by atoms with Gasteiger partial charge in [-0.2, -0.15) is 0 Å². The summed E-state index contributed by atoms with van der Waals surface area (Å²) in [5, 5.41) is 22.1. The first-order chi connectivity index (χ1) is 25.1. The third-order valence-electron chi connectivity index (χ3n) is 10.5. The largest absolute Gasteiger partial charge is 0.455 e. The minimum Gasteiger partial charge on any atom is -0.455 e. The van der Waals surface area contributed by atoms with E-state index in [1.807, 2.05) is 68.4 Å². The van der Waals surface area contributed by atoms with Gasteiger partial charge in [0.2, 0.25) is 17.7 Å². The quantitative estimate of drug-likeness (QED) is 0.158. The topological polar surface area (TPSA) is 156 Å². The highest BCUT2D eigenvalue weighted by molar-refractivity contribution is 5.98. The maximum absolute atomic E-state index is 14.9. The molecule has 7 atom stereocenters. The molecule has 3 fully saturated rings. The summed E-state index contributed by atoms with van der Waals surface area (Å²) in [5.41, 5.74) is 0.770. The first kappa shape index (κ1) is 36.9. The summed E-state index contributed by atoms with van der Waals surface area (Å²) in [7, 11) is 0. The van der Waals surface area contributed by atoms with Crippen molar-refractivity contribution < 1.29 is 33.8 Å². The highest BCUT2D eigenvalue weighted by Gasteiger charge is 2.75. The molecule has 3 aromatic rings. The summed E-state index contributed by atoms with van der Waals surface area (Å²) in [6.45, 7) is 11.4. The number of aromatic nitrogens is 3. The molecular formula is C39H48N6O7. The molecule has 2 N–H and O–H groups in total. The lowest BCUT2D eigenvalue weighted by molar-refractivity contribution is -0.161. The van der Waals surface area contributed by atoms with Gasteiger partial charge in [-0.1, -0.05) is 73.7 Å². The Morgan fingerprint density at radius 1 is 1.13 bits per heavy atom. The second-order valence-corrected chi connectivity index (χ2v) is 14.3. The predicted octanol–water partition coefficient (Wildman–Crippen LogP) is 3.55. The average molecular weight is 713 g/mol. The minimum atomic E-state index is -1.32. The molecule has 3 amide bonds. The van der Waals surface area contributed by atoms with Crippen LogP contribution < -0.4 is 5.32 Å². The lowest BCUT2D eigenvalue weighted by Crippen LogP contribution is -2.59. The normalized spacial score (nSPS) is 24.5. The Morgan fingerprint density at radius 3 is 2.60 bits per heavy atom. The molecule has 52 heavy (non-hydrogen) atoms. The number of hydrogen-bond acceptors (Lipinski definition) is 9. The van der Waals surface area contributed by atoms with Crippen molar-refractivity contribution >= 4 is 34.7 Å². The van der Waals surface area contributed by atoms with Crippen LogP contribution in [0.25, 0.3) is 11.0 Å². The number of likely N-dealkylation sites (tertiary alicyclic amines) is 1. The molecule has 3 saturated heterocycles. The Morgan fingerprint density at radius 2 is 1.88 bits per heavy atom. The fraction of sp³-hybridized carbons (Fsp3) is 0.487. The van der Waals surface area contributed by atoms with Gasteiger partial charge in [0.15, 0.2) is 0 Å². The van der Waals surface area contributed by atoms with Crippen molar-refractivity contribution in [3.63, 3.8) is 0 Å². The molecule has 2 bridgehead atoms. The second kappa shape index (κ2) is 15.8. The number of hydrogen-bond donors (Lipinski definition) is 2. The second-order valence-electron chi connectivity index (χ2n) is 14.3. The van der Waals surface area contributed by atoms with Crippen molar-refractivity contribution in [3.05, 3.63) is 85.5 Å². The van der Waals surface area contributed by atoms with E-state index in [9.17, 15) is 24.3 Å². The molecule has 13 heteroatoms. The lowest BCUT2D eigenvalue weighted by Gasteiger charge is -2.39. The number of carbonyl (C=O) groups excluding carboxylic acids is 4. The molecule has 1 spiro atoms. The van der Waals surface area contributed by atoms with E-state index < -0.39 is 59.5 Å². The Kier molecular flexibility index (Phi) is 11.2. The van der Waals surface area contributed by atoms with E-state index in [1.54, 1.807) is 21.7 Å². The summed E-state index contributed by atoms with van der Waals surface area (Å²) < 4.78 is 14.5. The van der Waals surface area contributed by atoms with Crippen LogP contribution in [0.4, 0.5) is 0 Å². The highest BCUT2D eigenvalue weighted by atomic mass is 16.6. The van der Waals surface area contributed by atoms with Gasteiger partial charge >= 0.3 is 5.97 Å². The van der Waals surface area contributed by atoms with Crippen LogP contribution in [-0.4, -0.2) is 97.1 Å². The fourth-order valence-corrected chi connectivity index (χ4v) is 8.22. The van der Waals surface area contributed by atoms with Crippen molar-refractivity contribution in [3.8, 4) is 0 Å². The van der Waals surface area contributed by atoms with Crippen molar-refractivity contribution in [2.45, 2.75) is 82.5 Å². The average Bonchev–Trinajstić information content (AvgIpc) is 3.90. The molecule has 1 aromatic heterocycles. The van der Waals surface area contributed by atoms with Crippen molar-refractivity contribution in [2.75, 3.05) is 19.7 Å². The minimum absolute atomic E-state index is 0.0325. The number of ether oxygens (including phenoxy) is 2. The molecule has 13 nitrogen and oxygen atoms in total. The first-order valence-corrected chi connectivity index (χ1v) is 18.0. The Labute approximate surface area is 303 Å². The molecule has 3 aliphatic rings. The zero-order chi connectivity index (χ0) is 37.0. The van der Waals surface area contributed by atoms with Crippen LogP contribution in [0.1, 0.15) is 57.6 Å². The van der Waals surface area contributed by atoms with E-state index in [0.717, 1.165) is 5.52 Å². The summed E-state index contributed by atoms with van der Waals surface area (Å²) in [6.07, 6.45) is 3.81. The number of nitrogens with one attached hydrogen (secondary N) is 1. The Bertz CT molecular complexity index is 1800. The fourth-order valence-electron chi connectivity index (χ4n) is 8.22. The molecule has 2 aromatic carbocycles. The van der Waals surface area contributed by atoms with Crippen LogP contribution in [-0.2, 0) is 35.3 Å². The zero-order valence-electron chi connectivity index (χ0n) is 29.8. The van der Waals surface area contributed by atoms with E-state index in [2.05, 4.69) is 28.8 Å². The van der Waals surface area contributed by atoms with Gasteiger partial charge in [-0.3, -0.25) is 19.2 Å². The van der Waals surface area contributed by atoms with Crippen molar-refractivity contribution in [2.24, 2.45) is 17.8 Å². The number of carbonyl (C=O) groups is 4.